The molecule has 0 aliphatic carbocycles. The Hall–Kier alpha value is -2.86. The summed E-state index contributed by atoms with van der Waals surface area (Å²) in [5.74, 6) is -2.21. The largest absolute Gasteiger partial charge is 0.322 e. The van der Waals surface area contributed by atoms with Gasteiger partial charge < -0.3 is 4.90 Å². The molecule has 0 spiro atoms. The molecule has 3 aliphatic heterocycles. The Morgan fingerprint density at radius 1 is 1.00 bits per heavy atom. The molecule has 5 rings (SSSR count). The second-order valence-corrected chi connectivity index (χ2v) is 8.32. The molecule has 1 N–H and O–H groups in total. The highest BCUT2D eigenvalue weighted by atomic mass is 19.1. The minimum atomic E-state index is -0.651. The zero-order chi connectivity index (χ0) is 20.3. The molecule has 3 saturated heterocycles. The average Bonchev–Trinajstić information content (AvgIpc) is 3.35. The number of rotatable bonds is 3. The number of carbonyl (C=O) groups is 3. The number of fused-ring (bicyclic) bond motifs is 3. The average molecular weight is 393 g/mol. The van der Waals surface area contributed by atoms with Crippen LogP contribution in [0, 0.1) is 24.6 Å². The number of hydrogen-bond acceptors (Lipinski definition) is 3. The van der Waals surface area contributed by atoms with Crippen molar-refractivity contribution >= 4 is 23.3 Å². The zero-order valence-corrected chi connectivity index (χ0v) is 16.1. The zero-order valence-electron chi connectivity index (χ0n) is 16.1. The van der Waals surface area contributed by atoms with Crippen LogP contribution in [0.15, 0.2) is 48.5 Å². The molecule has 6 heteroatoms. The Kier molecular flexibility index (Phi) is 4.13. The first-order valence-electron chi connectivity index (χ1n) is 10.1. The number of amides is 2. The monoisotopic (exact) mass is 393 g/mol. The summed E-state index contributed by atoms with van der Waals surface area (Å²) in [7, 11) is 0. The summed E-state index contributed by atoms with van der Waals surface area (Å²) in [6.07, 6.45) is 1.78. The molecule has 3 aliphatic rings. The molecule has 5 nitrogen and oxygen atoms in total. The van der Waals surface area contributed by atoms with E-state index in [9.17, 15) is 18.8 Å². The second-order valence-electron chi connectivity index (χ2n) is 8.32. The lowest BCUT2D eigenvalue weighted by atomic mass is 9.85. The van der Waals surface area contributed by atoms with E-state index in [0.29, 0.717) is 11.3 Å². The minimum absolute atomic E-state index is 0.0127. The summed E-state index contributed by atoms with van der Waals surface area (Å²) < 4.78 is 13.3. The van der Waals surface area contributed by atoms with E-state index in [1.54, 1.807) is 12.1 Å². The van der Waals surface area contributed by atoms with E-state index in [4.69, 9.17) is 0 Å². The van der Waals surface area contributed by atoms with Crippen molar-refractivity contribution in [3.05, 3.63) is 65.5 Å². The van der Waals surface area contributed by atoms with Crippen LogP contribution in [0.25, 0.3) is 0 Å². The molecule has 0 bridgehead atoms. The standard InChI is InChI=1S/C23H21FN2O3/c1-13-4-6-14(7-5-13)21(27)20-19-18(17-3-2-12-25(17)20)22(28)26(23(19)29)16-10-8-15(24)9-11-16/h4-11,17-20H,2-3,12H2,1H3/p+1/t17-,18-,19+,20+/m1/s1. The maximum absolute atomic E-state index is 13.4. The molecule has 2 aromatic rings. The van der Waals surface area contributed by atoms with Gasteiger partial charge in [-0.2, -0.15) is 0 Å². The van der Waals surface area contributed by atoms with Crippen molar-refractivity contribution in [3.8, 4) is 0 Å². The van der Waals surface area contributed by atoms with Gasteiger partial charge in [-0.05, 0) is 31.2 Å². The van der Waals surface area contributed by atoms with Crippen LogP contribution in [-0.4, -0.2) is 36.2 Å². The van der Waals surface area contributed by atoms with Gasteiger partial charge in [0.15, 0.2) is 6.04 Å². The molecule has 0 radical (unpaired) electrons. The number of quaternary nitrogens is 1. The lowest BCUT2D eigenvalue weighted by molar-refractivity contribution is -0.915. The molecule has 0 aromatic heterocycles. The minimum Gasteiger partial charge on any atom is -0.322 e. The van der Waals surface area contributed by atoms with Gasteiger partial charge in [-0.15, -0.1) is 0 Å². The molecule has 0 saturated carbocycles. The van der Waals surface area contributed by atoms with Crippen molar-refractivity contribution in [2.75, 3.05) is 11.4 Å². The summed E-state index contributed by atoms with van der Waals surface area (Å²) in [6.45, 7) is 2.76. The normalized spacial score (nSPS) is 30.6. The number of hydrogen-bond donors (Lipinski definition) is 1. The van der Waals surface area contributed by atoms with Crippen molar-refractivity contribution in [2.45, 2.75) is 31.8 Å². The first-order valence-corrected chi connectivity index (χ1v) is 10.1. The number of aryl methyl sites for hydroxylation is 1. The number of imide groups is 1. The van der Waals surface area contributed by atoms with Crippen molar-refractivity contribution in [1.29, 1.82) is 0 Å². The molecule has 3 fully saturated rings. The van der Waals surface area contributed by atoms with Crippen LogP contribution >= 0.6 is 0 Å². The summed E-state index contributed by atoms with van der Waals surface area (Å²) >= 11 is 0. The van der Waals surface area contributed by atoms with Gasteiger partial charge in [0.1, 0.15) is 23.7 Å². The topological polar surface area (TPSA) is 58.9 Å². The van der Waals surface area contributed by atoms with Crippen molar-refractivity contribution < 1.29 is 23.7 Å². The third-order valence-corrected chi connectivity index (χ3v) is 6.75. The maximum Gasteiger partial charge on any atom is 0.244 e. The number of ketones is 1. The molecule has 2 aromatic carbocycles. The maximum atomic E-state index is 13.4. The predicted molar refractivity (Wildman–Crippen MR) is 104 cm³/mol. The van der Waals surface area contributed by atoms with Gasteiger partial charge in [-0.3, -0.25) is 14.4 Å². The van der Waals surface area contributed by atoms with Gasteiger partial charge in [-0.1, -0.05) is 29.8 Å². The summed E-state index contributed by atoms with van der Waals surface area (Å²) in [5.41, 5.74) is 2.02. The first kappa shape index (κ1) is 18.2. The van der Waals surface area contributed by atoms with Gasteiger partial charge in [0.25, 0.3) is 0 Å². The molecule has 3 heterocycles. The Labute approximate surface area is 168 Å². The number of nitrogens with one attached hydrogen (secondary N) is 1. The lowest BCUT2D eigenvalue weighted by Crippen LogP contribution is -3.16. The van der Waals surface area contributed by atoms with Crippen molar-refractivity contribution in [2.24, 2.45) is 11.8 Å². The van der Waals surface area contributed by atoms with E-state index in [2.05, 4.69) is 0 Å². The fraction of sp³-hybridized carbons (Fsp3) is 0.348. The third-order valence-electron chi connectivity index (χ3n) is 6.75. The number of benzene rings is 2. The van der Waals surface area contributed by atoms with Gasteiger partial charge in [0.05, 0.1) is 12.2 Å². The van der Waals surface area contributed by atoms with E-state index < -0.39 is 23.7 Å². The fourth-order valence-corrected chi connectivity index (χ4v) is 5.48. The number of anilines is 1. The van der Waals surface area contributed by atoms with E-state index in [0.717, 1.165) is 29.8 Å². The van der Waals surface area contributed by atoms with Gasteiger partial charge >= 0.3 is 0 Å². The lowest BCUT2D eigenvalue weighted by Gasteiger charge is -2.25. The highest BCUT2D eigenvalue weighted by molar-refractivity contribution is 6.24. The number of halogens is 1. The molecular weight excluding hydrogens is 371 g/mol. The quantitative estimate of drug-likeness (QED) is 0.636. The molecular formula is C23H22FN2O3+. The van der Waals surface area contributed by atoms with E-state index in [1.165, 1.54) is 29.2 Å². The van der Waals surface area contributed by atoms with Gasteiger partial charge in [0, 0.05) is 18.4 Å². The van der Waals surface area contributed by atoms with Crippen LogP contribution in [0.5, 0.6) is 0 Å². The van der Waals surface area contributed by atoms with E-state index >= 15 is 0 Å². The molecule has 29 heavy (non-hydrogen) atoms. The van der Waals surface area contributed by atoms with Crippen LogP contribution in [-0.2, 0) is 9.59 Å². The summed E-state index contributed by atoms with van der Waals surface area (Å²) in [6, 6.07) is 12.2. The van der Waals surface area contributed by atoms with E-state index in [1.807, 2.05) is 19.1 Å². The SMILES string of the molecule is Cc1ccc(C(=O)[C@@H]2[C@H]3C(=O)N(c4ccc(F)cc4)C(=O)[C@@H]3[C@H]3CCC[NH+]32)cc1. The smallest absolute Gasteiger partial charge is 0.244 e. The highest BCUT2D eigenvalue weighted by Gasteiger charge is 2.68. The molecule has 2 amide bonds. The van der Waals surface area contributed by atoms with Crippen LogP contribution in [0.3, 0.4) is 0 Å². The van der Waals surface area contributed by atoms with Crippen LogP contribution < -0.4 is 9.80 Å². The van der Waals surface area contributed by atoms with Crippen molar-refractivity contribution in [3.63, 3.8) is 0 Å². The Bertz CT molecular complexity index is 1000. The highest BCUT2D eigenvalue weighted by Crippen LogP contribution is 2.40. The Morgan fingerprint density at radius 3 is 2.34 bits per heavy atom. The summed E-state index contributed by atoms with van der Waals surface area (Å²) in [5, 5.41) is 0. The fourth-order valence-electron chi connectivity index (χ4n) is 5.48. The third kappa shape index (κ3) is 2.66. The first-order chi connectivity index (χ1) is 14.0. The van der Waals surface area contributed by atoms with Gasteiger partial charge in [-0.25, -0.2) is 9.29 Å². The van der Waals surface area contributed by atoms with Gasteiger partial charge in [0.2, 0.25) is 17.6 Å². The van der Waals surface area contributed by atoms with Crippen molar-refractivity contribution in [1.82, 2.24) is 0 Å². The number of Topliss-reactive ketones (excluding diaryl/α,β-unsaturated/α-hetero) is 1. The molecule has 148 valence electrons. The number of carbonyl (C=O) groups excluding carboxylic acids is 3. The van der Waals surface area contributed by atoms with Crippen LogP contribution in [0.1, 0.15) is 28.8 Å². The molecule has 5 atom stereocenters. The van der Waals surface area contributed by atoms with Crippen LogP contribution in [0.2, 0.25) is 0 Å². The predicted octanol–water partition coefficient (Wildman–Crippen LogP) is 1.55. The second kappa shape index (κ2) is 6.59. The van der Waals surface area contributed by atoms with E-state index in [-0.39, 0.29) is 23.6 Å². The Morgan fingerprint density at radius 2 is 1.66 bits per heavy atom. The van der Waals surface area contributed by atoms with Crippen LogP contribution in [0.4, 0.5) is 10.1 Å². The number of nitrogens with zero attached hydrogens (tertiary/aromatic N) is 1. The summed E-state index contributed by atoms with van der Waals surface area (Å²) in [4.78, 5) is 42.3. The molecule has 1 unspecified atom stereocenters. The Balaban J connectivity index is 1.54.